The Kier molecular flexibility index (Phi) is 5.06. The van der Waals surface area contributed by atoms with Gasteiger partial charge in [0.15, 0.2) is 0 Å². The molecule has 6 heteroatoms. The fraction of sp³-hybridized carbons (Fsp3) is 0.474. The summed E-state index contributed by atoms with van der Waals surface area (Å²) in [5, 5.41) is 10.3. The third-order valence-electron chi connectivity index (χ3n) is 4.72. The average molecular weight is 344 g/mol. The van der Waals surface area contributed by atoms with Gasteiger partial charge in [0.05, 0.1) is 11.7 Å². The maximum atomic E-state index is 13.8. The predicted octanol–water partition coefficient (Wildman–Crippen LogP) is 3.26. The molecule has 0 saturated heterocycles. The molecule has 0 radical (unpaired) electrons. The molecule has 5 nitrogen and oxygen atoms in total. The van der Waals surface area contributed by atoms with Crippen molar-refractivity contribution in [2.24, 2.45) is 5.92 Å². The topological polar surface area (TPSA) is 59.0 Å². The SMILES string of the molecule is Cc1cc(C)n(CC(C)CNC(=O)NC2CCc3c(F)cccc32)n1. The summed E-state index contributed by atoms with van der Waals surface area (Å²) in [7, 11) is 0. The number of hydrogen-bond acceptors (Lipinski definition) is 2. The van der Waals surface area contributed by atoms with Crippen molar-refractivity contribution in [1.29, 1.82) is 0 Å². The van der Waals surface area contributed by atoms with E-state index in [-0.39, 0.29) is 23.8 Å². The Labute approximate surface area is 147 Å². The summed E-state index contributed by atoms with van der Waals surface area (Å²) in [5.41, 5.74) is 3.75. The maximum absolute atomic E-state index is 13.8. The first-order valence-electron chi connectivity index (χ1n) is 8.76. The van der Waals surface area contributed by atoms with Crippen LogP contribution in [0.1, 0.15) is 41.9 Å². The van der Waals surface area contributed by atoms with Gasteiger partial charge in [0.25, 0.3) is 0 Å². The van der Waals surface area contributed by atoms with Crippen LogP contribution in [-0.2, 0) is 13.0 Å². The molecule has 0 aliphatic heterocycles. The number of hydrogen-bond donors (Lipinski definition) is 2. The molecule has 2 N–H and O–H groups in total. The molecule has 0 saturated carbocycles. The van der Waals surface area contributed by atoms with E-state index in [2.05, 4.69) is 22.7 Å². The largest absolute Gasteiger partial charge is 0.338 e. The molecule has 3 rings (SSSR count). The summed E-state index contributed by atoms with van der Waals surface area (Å²) in [6.45, 7) is 7.41. The maximum Gasteiger partial charge on any atom is 0.315 e. The molecule has 2 amide bonds. The molecule has 1 aromatic carbocycles. The number of rotatable bonds is 5. The molecule has 1 heterocycles. The third kappa shape index (κ3) is 4.00. The van der Waals surface area contributed by atoms with Crippen LogP contribution in [-0.4, -0.2) is 22.4 Å². The minimum Gasteiger partial charge on any atom is -0.338 e. The van der Waals surface area contributed by atoms with Crippen molar-refractivity contribution in [2.75, 3.05) is 6.54 Å². The normalized spacial score (nSPS) is 17.2. The van der Waals surface area contributed by atoms with Crippen molar-refractivity contribution in [2.45, 2.75) is 46.2 Å². The molecule has 1 aromatic heterocycles. The molecule has 1 aliphatic carbocycles. The molecular weight excluding hydrogens is 319 g/mol. The fourth-order valence-corrected chi connectivity index (χ4v) is 3.46. The third-order valence-corrected chi connectivity index (χ3v) is 4.72. The lowest BCUT2D eigenvalue weighted by Crippen LogP contribution is -2.40. The number of fused-ring (bicyclic) bond motifs is 1. The lowest BCUT2D eigenvalue weighted by molar-refractivity contribution is 0.234. The van der Waals surface area contributed by atoms with Crippen LogP contribution in [0.25, 0.3) is 0 Å². The quantitative estimate of drug-likeness (QED) is 0.875. The van der Waals surface area contributed by atoms with Crippen LogP contribution < -0.4 is 10.6 Å². The first-order valence-corrected chi connectivity index (χ1v) is 8.76. The van der Waals surface area contributed by atoms with E-state index in [0.29, 0.717) is 13.0 Å². The Balaban J connectivity index is 1.49. The Hall–Kier alpha value is -2.37. The number of halogens is 1. The van der Waals surface area contributed by atoms with E-state index in [1.807, 2.05) is 30.7 Å². The minimum atomic E-state index is -0.206. The number of nitrogens with zero attached hydrogens (tertiary/aromatic N) is 2. The molecule has 2 aromatic rings. The highest BCUT2D eigenvalue weighted by molar-refractivity contribution is 5.74. The second-order valence-corrected chi connectivity index (χ2v) is 6.97. The van der Waals surface area contributed by atoms with Gasteiger partial charge < -0.3 is 10.6 Å². The lowest BCUT2D eigenvalue weighted by Gasteiger charge is -2.17. The lowest BCUT2D eigenvalue weighted by atomic mass is 10.1. The summed E-state index contributed by atoms with van der Waals surface area (Å²) in [5.74, 6) is 0.0813. The number of carbonyl (C=O) groups is 1. The average Bonchev–Trinajstić information content (AvgIpc) is 3.10. The molecule has 25 heavy (non-hydrogen) atoms. The van der Waals surface area contributed by atoms with Crippen LogP contribution in [0, 0.1) is 25.6 Å². The summed E-state index contributed by atoms with van der Waals surface area (Å²) in [6.07, 6.45) is 1.41. The molecule has 2 unspecified atom stereocenters. The van der Waals surface area contributed by atoms with E-state index in [9.17, 15) is 9.18 Å². The van der Waals surface area contributed by atoms with E-state index in [1.54, 1.807) is 6.07 Å². The van der Waals surface area contributed by atoms with Crippen LogP contribution in [0.4, 0.5) is 9.18 Å². The van der Waals surface area contributed by atoms with E-state index in [1.165, 1.54) is 6.07 Å². The molecule has 0 spiro atoms. The van der Waals surface area contributed by atoms with Gasteiger partial charge in [-0.3, -0.25) is 4.68 Å². The number of urea groups is 1. The molecule has 0 bridgehead atoms. The van der Waals surface area contributed by atoms with Gasteiger partial charge in [-0.1, -0.05) is 19.1 Å². The fourth-order valence-electron chi connectivity index (χ4n) is 3.46. The van der Waals surface area contributed by atoms with E-state index in [0.717, 1.165) is 35.5 Å². The summed E-state index contributed by atoms with van der Waals surface area (Å²) >= 11 is 0. The predicted molar refractivity (Wildman–Crippen MR) is 94.9 cm³/mol. The van der Waals surface area contributed by atoms with Gasteiger partial charge in [-0.15, -0.1) is 0 Å². The van der Waals surface area contributed by atoms with Crippen LogP contribution in [0.3, 0.4) is 0 Å². The Bertz CT molecular complexity index is 771. The highest BCUT2D eigenvalue weighted by Gasteiger charge is 2.26. The van der Waals surface area contributed by atoms with Crippen LogP contribution in [0.2, 0.25) is 0 Å². The molecule has 2 atom stereocenters. The van der Waals surface area contributed by atoms with Crippen molar-refractivity contribution in [3.05, 3.63) is 52.6 Å². The van der Waals surface area contributed by atoms with Gasteiger partial charge >= 0.3 is 6.03 Å². The standard InChI is InChI=1S/C19H25FN4O/c1-12(11-24-14(3)9-13(2)23-24)10-21-19(25)22-18-8-7-15-16(18)5-4-6-17(15)20/h4-6,9,12,18H,7-8,10-11H2,1-3H3,(H2,21,22,25). The number of carbonyl (C=O) groups excluding carboxylic acids is 1. The highest BCUT2D eigenvalue weighted by Crippen LogP contribution is 2.32. The minimum absolute atomic E-state index is 0.114. The van der Waals surface area contributed by atoms with Gasteiger partial charge in [0, 0.05) is 18.8 Å². The molecule has 1 aliphatic rings. The van der Waals surface area contributed by atoms with Gasteiger partial charge in [-0.05, 0) is 55.9 Å². The highest BCUT2D eigenvalue weighted by atomic mass is 19.1. The van der Waals surface area contributed by atoms with Crippen molar-refractivity contribution < 1.29 is 9.18 Å². The van der Waals surface area contributed by atoms with Crippen molar-refractivity contribution in [3.8, 4) is 0 Å². The molecular formula is C19H25FN4O. The number of aryl methyl sites for hydroxylation is 2. The number of aromatic nitrogens is 2. The Morgan fingerprint density at radius 2 is 2.24 bits per heavy atom. The smallest absolute Gasteiger partial charge is 0.315 e. The van der Waals surface area contributed by atoms with Crippen molar-refractivity contribution in [3.63, 3.8) is 0 Å². The van der Waals surface area contributed by atoms with E-state index in [4.69, 9.17) is 0 Å². The molecule has 134 valence electrons. The number of nitrogens with one attached hydrogen (secondary N) is 2. The number of amides is 2. The van der Waals surface area contributed by atoms with Crippen molar-refractivity contribution in [1.82, 2.24) is 20.4 Å². The van der Waals surface area contributed by atoms with E-state index >= 15 is 0 Å². The number of benzene rings is 1. The van der Waals surface area contributed by atoms with Gasteiger partial charge in [-0.25, -0.2) is 9.18 Å². The second-order valence-electron chi connectivity index (χ2n) is 6.97. The van der Waals surface area contributed by atoms with Crippen LogP contribution >= 0.6 is 0 Å². The summed E-state index contributed by atoms with van der Waals surface area (Å²) in [6, 6.07) is 6.79. The second kappa shape index (κ2) is 7.25. The van der Waals surface area contributed by atoms with Crippen molar-refractivity contribution >= 4 is 6.03 Å². The zero-order valence-electron chi connectivity index (χ0n) is 15.0. The monoisotopic (exact) mass is 344 g/mol. The molecule has 0 fully saturated rings. The Morgan fingerprint density at radius 3 is 2.96 bits per heavy atom. The summed E-state index contributed by atoms with van der Waals surface area (Å²) < 4.78 is 15.7. The zero-order valence-corrected chi connectivity index (χ0v) is 15.0. The zero-order chi connectivity index (χ0) is 18.0. The Morgan fingerprint density at radius 1 is 1.44 bits per heavy atom. The first kappa shape index (κ1) is 17.5. The first-order chi connectivity index (χ1) is 11.9. The van der Waals surface area contributed by atoms with Gasteiger partial charge in [0.2, 0.25) is 0 Å². The van der Waals surface area contributed by atoms with Crippen LogP contribution in [0.15, 0.2) is 24.3 Å². The van der Waals surface area contributed by atoms with Gasteiger partial charge in [0.1, 0.15) is 5.82 Å². The van der Waals surface area contributed by atoms with E-state index < -0.39 is 0 Å². The summed E-state index contributed by atoms with van der Waals surface area (Å²) in [4.78, 5) is 12.2. The van der Waals surface area contributed by atoms with Gasteiger partial charge in [-0.2, -0.15) is 5.10 Å². The van der Waals surface area contributed by atoms with Crippen LogP contribution in [0.5, 0.6) is 0 Å².